The van der Waals surface area contributed by atoms with E-state index in [2.05, 4.69) is 0 Å². The van der Waals surface area contributed by atoms with Crippen molar-refractivity contribution >= 4 is 44.9 Å². The van der Waals surface area contributed by atoms with Crippen LogP contribution in [0, 0.1) is 0 Å². The maximum absolute atomic E-state index is 10.2. The zero-order chi connectivity index (χ0) is 58.5. The van der Waals surface area contributed by atoms with Gasteiger partial charge in [-0.25, -0.2) is 0 Å². The number of anilines is 6. The summed E-state index contributed by atoms with van der Waals surface area (Å²) in [5.74, 6) is -1.90. The first kappa shape index (κ1) is 9.60. The van der Waals surface area contributed by atoms with Gasteiger partial charge in [-0.2, -0.15) is 0 Å². The first-order valence-corrected chi connectivity index (χ1v) is 13.2. The van der Waals surface area contributed by atoms with Gasteiger partial charge in [-0.15, -0.1) is 0 Å². The summed E-state index contributed by atoms with van der Waals surface area (Å²) in [7, 11) is 0. The molecule has 220 valence electrons. The molecule has 2 aliphatic heterocycles. The third-order valence-electron chi connectivity index (χ3n) is 7.18. The molecule has 0 bridgehead atoms. The van der Waals surface area contributed by atoms with Crippen molar-refractivity contribution < 1.29 is 48.6 Å². The maximum atomic E-state index is 10.2. The summed E-state index contributed by atoms with van der Waals surface area (Å²) in [5, 5.41) is -1.46. The van der Waals surface area contributed by atoms with Gasteiger partial charge in [0.05, 0.1) is 52.7 Å². The Kier molecular flexibility index (Phi) is 2.11. The van der Waals surface area contributed by atoms with Crippen LogP contribution in [0.15, 0.2) is 157 Å². The molecule has 3 nitrogen and oxygen atoms in total. The molecule has 2 aliphatic rings. The molecule has 7 aromatic carbocycles. The largest absolute Gasteiger partial charge is 0.453 e. The lowest BCUT2D eigenvalue weighted by Crippen LogP contribution is -2.32. The standard InChI is InChI=1S/C43H32N2O/c1-43(2)36-18-11-19-39-42(36)45(41-35-17-10-9-14-31(35)22-27-40(41)46-39)38-26-25-34(28-37(38)43)44(32-15-7-4-8-16-32)33-23-20-30(21-24-33)29-12-5-3-6-13-29/h3-28H,1-2H3/i1D3,2D3,3D,4D,5D,6D,7D,8D,9D,10D,11D,12D,13D,14D,15D,16D,17D,18D,19D,20D,21D,22D,23D,24D,25D,26D,27D,28D. The second kappa shape index (κ2) is 10.1. The summed E-state index contributed by atoms with van der Waals surface area (Å²) in [5.41, 5.74) is -15.6. The highest BCUT2D eigenvalue weighted by Crippen LogP contribution is 2.61. The highest BCUT2D eigenvalue weighted by molar-refractivity contribution is 6.06. The molecule has 9 rings (SSSR count). The van der Waals surface area contributed by atoms with Gasteiger partial charge in [-0.3, -0.25) is 0 Å². The average Bonchev–Trinajstić information content (AvgIpc) is 3.38. The van der Waals surface area contributed by atoms with Crippen LogP contribution < -0.4 is 14.5 Å². The van der Waals surface area contributed by atoms with E-state index < -0.39 is 255 Å². The quantitative estimate of drug-likeness (QED) is 0.194. The Morgan fingerprint density at radius 2 is 1.24 bits per heavy atom. The van der Waals surface area contributed by atoms with Crippen LogP contribution in [-0.4, -0.2) is 0 Å². The van der Waals surface area contributed by atoms with Gasteiger partial charge in [0.2, 0.25) is 0 Å². The Labute approximate surface area is 314 Å². The molecule has 0 aliphatic carbocycles. The highest BCUT2D eigenvalue weighted by Gasteiger charge is 2.42. The third-order valence-corrected chi connectivity index (χ3v) is 7.18. The number of ether oxygens (including phenoxy) is 1. The minimum absolute atomic E-state index is 0.165. The third kappa shape index (κ3) is 3.98. The molecule has 7 aromatic rings. The van der Waals surface area contributed by atoms with Gasteiger partial charge in [0, 0.05) is 36.1 Å². The summed E-state index contributed by atoms with van der Waals surface area (Å²) in [6.45, 7) is -8.37. The number of benzene rings is 7. The fourth-order valence-electron chi connectivity index (χ4n) is 5.22. The van der Waals surface area contributed by atoms with Crippen LogP contribution in [0.1, 0.15) is 68.7 Å². The number of para-hydroxylation sites is 2. The van der Waals surface area contributed by atoms with E-state index in [1.54, 1.807) is 0 Å². The van der Waals surface area contributed by atoms with E-state index in [1.807, 2.05) is 0 Å². The summed E-state index contributed by atoms with van der Waals surface area (Å²) >= 11 is 0. The Morgan fingerprint density at radius 1 is 0.565 bits per heavy atom. The second-order valence-electron chi connectivity index (χ2n) is 9.77. The lowest BCUT2D eigenvalue weighted by atomic mass is 9.73. The van der Waals surface area contributed by atoms with E-state index in [0.717, 1.165) is 0 Å². The smallest absolute Gasteiger partial charge is 0.152 e. The highest BCUT2D eigenvalue weighted by atomic mass is 16.5. The van der Waals surface area contributed by atoms with Crippen molar-refractivity contribution in [1.29, 1.82) is 0 Å². The van der Waals surface area contributed by atoms with Crippen LogP contribution in [0.25, 0.3) is 21.9 Å². The predicted molar refractivity (Wildman–Crippen MR) is 191 cm³/mol. The molecule has 0 aromatic heterocycles. The number of hydrogen-bond acceptors (Lipinski definition) is 3. The molecule has 0 saturated carbocycles. The number of hydrogen-bond donors (Lipinski definition) is 0. The minimum atomic E-state index is -4.18. The van der Waals surface area contributed by atoms with Gasteiger partial charge < -0.3 is 14.5 Å². The van der Waals surface area contributed by atoms with Crippen LogP contribution >= 0.6 is 0 Å². The van der Waals surface area contributed by atoms with Gasteiger partial charge in [0.15, 0.2) is 11.5 Å². The van der Waals surface area contributed by atoms with Gasteiger partial charge in [-0.05, 0) is 82.0 Å². The zero-order valence-corrected chi connectivity index (χ0v) is 22.8. The van der Waals surface area contributed by atoms with Crippen molar-refractivity contribution in [3.8, 4) is 22.6 Å². The topological polar surface area (TPSA) is 15.7 Å². The number of nitrogens with zero attached hydrogens (tertiary/aromatic N) is 2. The molecule has 0 atom stereocenters. The van der Waals surface area contributed by atoms with E-state index in [1.165, 1.54) is 0 Å². The SMILES string of the molecule is [2H]c1c([2H])c([2H])c(-c2c([2H])c([2H])c(N(c3c([2H])c([2H])c([2H])c([2H])c3[2H])c3c([2H])c([2H])c4c(c3[2H])C(C([2H])([2H])[2H])(C([2H])([2H])[2H])c3c([2H])c([2H])c([2H])c5c3N4c3c(c([2H])c([2H])c4c([2H])c([2H])c([2H])c([2H])c34)O5)c([2H])c2[2H])c([2H])c1[2H]. The Bertz CT molecular complexity index is 3860. The Balaban J connectivity index is 1.59. The lowest BCUT2D eigenvalue weighted by molar-refractivity contribution is 0.472. The van der Waals surface area contributed by atoms with Crippen molar-refractivity contribution in [3.63, 3.8) is 0 Å². The van der Waals surface area contributed by atoms with Gasteiger partial charge in [0.25, 0.3) is 0 Å². The summed E-state index contributed by atoms with van der Waals surface area (Å²) in [4.78, 5) is 0.768. The van der Waals surface area contributed by atoms with E-state index in [-0.39, 0.29) is 4.90 Å². The Hall–Kier alpha value is -5.80. The van der Waals surface area contributed by atoms with Crippen LogP contribution in [-0.2, 0) is 5.41 Å². The van der Waals surface area contributed by atoms with Crippen LogP contribution in [0.3, 0.4) is 0 Å². The molecule has 0 N–H and O–H groups in total. The average molecular weight is 625 g/mol. The van der Waals surface area contributed by atoms with Crippen molar-refractivity contribution in [1.82, 2.24) is 0 Å². The van der Waals surface area contributed by atoms with Crippen molar-refractivity contribution in [2.24, 2.45) is 0 Å². The fourth-order valence-corrected chi connectivity index (χ4v) is 5.22. The monoisotopic (exact) mass is 624 g/mol. The lowest BCUT2D eigenvalue weighted by Gasteiger charge is -2.45. The van der Waals surface area contributed by atoms with Gasteiger partial charge in [-0.1, -0.05) is 116 Å². The minimum Gasteiger partial charge on any atom is -0.453 e. The zero-order valence-electron chi connectivity index (χ0n) is 54.8. The van der Waals surface area contributed by atoms with Crippen LogP contribution in [0.5, 0.6) is 11.5 Å². The molecule has 0 spiro atoms. The molecule has 0 fully saturated rings. The van der Waals surface area contributed by atoms with Gasteiger partial charge in [0.1, 0.15) is 0 Å². The van der Waals surface area contributed by atoms with E-state index in [9.17, 15) is 19.2 Å². The molecule has 46 heavy (non-hydrogen) atoms. The maximum Gasteiger partial charge on any atom is 0.152 e. The molecular formula is C43H32N2O. The fraction of sp³-hybridized carbons (Fsp3) is 0.0698. The van der Waals surface area contributed by atoms with E-state index in [0.29, 0.717) is 4.90 Å². The molecule has 2 heterocycles. The predicted octanol–water partition coefficient (Wildman–Crippen LogP) is 12.2. The first-order chi connectivity index (χ1) is 35.9. The number of fused-ring (bicyclic) bond motifs is 6. The molecule has 0 unspecified atom stereocenters. The Morgan fingerprint density at radius 3 is 2.04 bits per heavy atom. The molecule has 0 radical (unpaired) electrons. The molecular weight excluding hydrogens is 560 g/mol. The number of rotatable bonds is 4. The van der Waals surface area contributed by atoms with Crippen LogP contribution in [0.2, 0.25) is 0 Å². The van der Waals surface area contributed by atoms with Crippen molar-refractivity contribution in [2.75, 3.05) is 9.80 Å². The second-order valence-corrected chi connectivity index (χ2v) is 9.77. The first-order valence-electron chi connectivity index (χ1n) is 29.2. The summed E-state index contributed by atoms with van der Waals surface area (Å²) < 4.78 is 295. The molecule has 3 heteroatoms. The van der Waals surface area contributed by atoms with Gasteiger partial charge >= 0.3 is 0 Å². The van der Waals surface area contributed by atoms with Crippen molar-refractivity contribution in [2.45, 2.75) is 19.1 Å². The molecule has 0 amide bonds. The van der Waals surface area contributed by atoms with E-state index in [4.69, 9.17) is 29.4 Å². The normalized spacial score (nSPS) is 24.1. The summed E-state index contributed by atoms with van der Waals surface area (Å²) in [6, 6.07) is -30.3. The summed E-state index contributed by atoms with van der Waals surface area (Å²) in [6.07, 6.45) is 0. The van der Waals surface area contributed by atoms with E-state index >= 15 is 0 Å². The molecule has 0 saturated heterocycles. The van der Waals surface area contributed by atoms with Crippen LogP contribution in [0.4, 0.5) is 34.1 Å². The van der Waals surface area contributed by atoms with Crippen molar-refractivity contribution in [3.05, 3.63) is 168 Å².